The van der Waals surface area contributed by atoms with Crippen LogP contribution < -0.4 is 16.0 Å². The Bertz CT molecular complexity index is 820. The Kier molecular flexibility index (Phi) is 4.97. The lowest BCUT2D eigenvalue weighted by atomic mass is 9.87. The summed E-state index contributed by atoms with van der Waals surface area (Å²) in [6.45, 7) is 6.61. The normalized spacial score (nSPS) is 26.9. The number of hydrogen-bond acceptors (Lipinski definition) is 5. The Morgan fingerprint density at radius 3 is 2.79 bits per heavy atom. The van der Waals surface area contributed by atoms with Gasteiger partial charge in [0, 0.05) is 36.7 Å². The fourth-order valence-corrected chi connectivity index (χ4v) is 4.51. The van der Waals surface area contributed by atoms with Crippen molar-refractivity contribution in [1.29, 1.82) is 0 Å². The van der Waals surface area contributed by atoms with Crippen molar-refractivity contribution in [2.45, 2.75) is 70.2 Å². The number of fused-ring (bicyclic) bond motifs is 1. The maximum absolute atomic E-state index is 12.9. The van der Waals surface area contributed by atoms with Crippen molar-refractivity contribution in [3.63, 3.8) is 0 Å². The molecule has 3 amide bonds. The Balaban J connectivity index is 1.44. The molecule has 1 aromatic rings. The summed E-state index contributed by atoms with van der Waals surface area (Å²) in [6.07, 6.45) is 2.96. The molecule has 0 saturated carbocycles. The van der Waals surface area contributed by atoms with Gasteiger partial charge in [0.2, 0.25) is 11.8 Å². The number of nitrogens with one attached hydrogen (secondary N) is 3. The van der Waals surface area contributed by atoms with E-state index in [1.165, 1.54) is 0 Å². The molecule has 1 aromatic carbocycles. The maximum Gasteiger partial charge on any atom is 0.255 e. The third-order valence-electron chi connectivity index (χ3n) is 6.27. The molecule has 0 bridgehead atoms. The molecule has 150 valence electrons. The zero-order chi connectivity index (χ0) is 19.9. The van der Waals surface area contributed by atoms with Gasteiger partial charge in [-0.25, -0.2) is 0 Å². The molecule has 4 rings (SSSR count). The highest BCUT2D eigenvalue weighted by molar-refractivity contribution is 6.05. The first-order chi connectivity index (χ1) is 13.3. The van der Waals surface area contributed by atoms with Crippen LogP contribution >= 0.6 is 0 Å². The van der Waals surface area contributed by atoms with Gasteiger partial charge in [-0.1, -0.05) is 12.1 Å². The molecule has 0 radical (unpaired) electrons. The molecule has 2 saturated heterocycles. The summed E-state index contributed by atoms with van der Waals surface area (Å²) in [4.78, 5) is 38.0. The van der Waals surface area contributed by atoms with E-state index in [-0.39, 0.29) is 29.7 Å². The van der Waals surface area contributed by atoms with Gasteiger partial charge in [-0.3, -0.25) is 19.7 Å². The number of carbonyl (C=O) groups excluding carboxylic acids is 3. The molecule has 2 unspecified atom stereocenters. The Hall–Kier alpha value is -2.25. The van der Waals surface area contributed by atoms with Gasteiger partial charge < -0.3 is 15.5 Å². The van der Waals surface area contributed by atoms with Crippen molar-refractivity contribution < 1.29 is 14.4 Å². The van der Waals surface area contributed by atoms with Crippen LogP contribution in [0.25, 0.3) is 0 Å². The maximum atomic E-state index is 12.9. The van der Waals surface area contributed by atoms with E-state index in [9.17, 15) is 14.4 Å². The molecule has 3 aliphatic heterocycles. The average Bonchev–Trinajstić information content (AvgIpc) is 2.97. The summed E-state index contributed by atoms with van der Waals surface area (Å²) in [5, 5.41) is 9.53. The van der Waals surface area contributed by atoms with Crippen LogP contribution in [0.3, 0.4) is 0 Å². The fourth-order valence-electron chi connectivity index (χ4n) is 4.51. The third-order valence-corrected chi connectivity index (χ3v) is 6.27. The third kappa shape index (κ3) is 3.56. The number of rotatable bonds is 4. The Labute approximate surface area is 165 Å². The van der Waals surface area contributed by atoms with Gasteiger partial charge in [-0.15, -0.1) is 0 Å². The minimum atomic E-state index is -0.562. The predicted molar refractivity (Wildman–Crippen MR) is 104 cm³/mol. The van der Waals surface area contributed by atoms with Crippen molar-refractivity contribution in [2.75, 3.05) is 6.54 Å². The molecular formula is C21H28N4O3. The number of piperidine rings is 2. The molecule has 3 aliphatic rings. The average molecular weight is 384 g/mol. The van der Waals surface area contributed by atoms with Gasteiger partial charge in [0.1, 0.15) is 6.04 Å². The molecule has 7 heteroatoms. The van der Waals surface area contributed by atoms with Gasteiger partial charge >= 0.3 is 0 Å². The summed E-state index contributed by atoms with van der Waals surface area (Å²) in [5.41, 5.74) is 2.73. The minimum Gasteiger partial charge on any atom is -0.322 e. The van der Waals surface area contributed by atoms with Crippen molar-refractivity contribution in [1.82, 2.24) is 20.9 Å². The largest absolute Gasteiger partial charge is 0.322 e. The highest BCUT2D eigenvalue weighted by Crippen LogP contribution is 2.28. The first-order valence-corrected chi connectivity index (χ1v) is 10.1. The zero-order valence-electron chi connectivity index (χ0n) is 16.5. The first kappa shape index (κ1) is 19.1. The van der Waals surface area contributed by atoms with E-state index in [1.54, 1.807) is 4.90 Å². The Morgan fingerprint density at radius 1 is 1.21 bits per heavy atom. The monoisotopic (exact) mass is 384 g/mol. The van der Waals surface area contributed by atoms with Crippen LogP contribution in [0.1, 0.15) is 61.0 Å². The quantitative estimate of drug-likeness (QED) is 0.676. The summed E-state index contributed by atoms with van der Waals surface area (Å²) >= 11 is 0. The molecule has 0 aliphatic carbocycles. The van der Waals surface area contributed by atoms with E-state index in [4.69, 9.17) is 0 Å². The number of amides is 3. The zero-order valence-corrected chi connectivity index (χ0v) is 16.5. The topological polar surface area (TPSA) is 90.5 Å². The lowest BCUT2D eigenvalue weighted by Crippen LogP contribution is -2.58. The second kappa shape index (κ2) is 7.29. The Morgan fingerprint density at radius 2 is 2.04 bits per heavy atom. The number of hydrogen-bond donors (Lipinski definition) is 3. The van der Waals surface area contributed by atoms with E-state index < -0.39 is 6.04 Å². The van der Waals surface area contributed by atoms with Gasteiger partial charge in [0.15, 0.2) is 0 Å². The van der Waals surface area contributed by atoms with Crippen LogP contribution in [0.4, 0.5) is 0 Å². The van der Waals surface area contributed by atoms with E-state index in [0.29, 0.717) is 31.1 Å². The van der Waals surface area contributed by atoms with Crippen molar-refractivity contribution >= 4 is 17.7 Å². The predicted octanol–water partition coefficient (Wildman–Crippen LogP) is 1.07. The molecule has 3 heterocycles. The summed E-state index contributed by atoms with van der Waals surface area (Å²) in [5.74, 6) is -0.753. The first-order valence-electron chi connectivity index (χ1n) is 10.1. The highest BCUT2D eigenvalue weighted by atomic mass is 16.2. The number of imide groups is 1. The summed E-state index contributed by atoms with van der Waals surface area (Å²) < 4.78 is 0. The van der Waals surface area contributed by atoms with Crippen LogP contribution in [0.2, 0.25) is 0 Å². The fraction of sp³-hybridized carbons (Fsp3) is 0.571. The van der Waals surface area contributed by atoms with E-state index in [0.717, 1.165) is 30.5 Å². The van der Waals surface area contributed by atoms with Crippen LogP contribution in [-0.4, -0.2) is 46.8 Å². The van der Waals surface area contributed by atoms with Crippen LogP contribution in [0.15, 0.2) is 18.2 Å². The lowest BCUT2D eigenvalue weighted by molar-refractivity contribution is -0.136. The summed E-state index contributed by atoms with van der Waals surface area (Å²) in [6, 6.07) is 5.80. The van der Waals surface area contributed by atoms with Crippen LogP contribution in [0.5, 0.6) is 0 Å². The summed E-state index contributed by atoms with van der Waals surface area (Å²) in [7, 11) is 0. The molecule has 3 N–H and O–H groups in total. The molecule has 2 fully saturated rings. The van der Waals surface area contributed by atoms with Crippen molar-refractivity contribution in [2.24, 2.45) is 0 Å². The van der Waals surface area contributed by atoms with Crippen molar-refractivity contribution in [3.8, 4) is 0 Å². The highest BCUT2D eigenvalue weighted by Gasteiger charge is 2.39. The molecule has 0 aromatic heterocycles. The number of nitrogens with zero attached hydrogens (tertiary/aromatic N) is 1. The van der Waals surface area contributed by atoms with Gasteiger partial charge in [-0.2, -0.15) is 0 Å². The van der Waals surface area contributed by atoms with Gasteiger partial charge in [-0.05, 0) is 56.8 Å². The van der Waals surface area contributed by atoms with Crippen molar-refractivity contribution in [3.05, 3.63) is 34.9 Å². The molecular weight excluding hydrogens is 356 g/mol. The van der Waals surface area contributed by atoms with Gasteiger partial charge in [0.05, 0.1) is 0 Å². The van der Waals surface area contributed by atoms with Gasteiger partial charge in [0.25, 0.3) is 5.91 Å². The molecule has 0 spiro atoms. The van der Waals surface area contributed by atoms with E-state index in [2.05, 4.69) is 35.9 Å². The second-order valence-electron chi connectivity index (χ2n) is 8.62. The van der Waals surface area contributed by atoms with E-state index >= 15 is 0 Å². The SMILES string of the molecule is CC1(C)NCCCC1NCc1ccc2c(c1)C(=O)N(C1CCC(=O)NC1=O)C2. The van der Waals surface area contributed by atoms with E-state index in [1.807, 2.05) is 12.1 Å². The molecule has 28 heavy (non-hydrogen) atoms. The van der Waals surface area contributed by atoms with Crippen LogP contribution in [0, 0.1) is 0 Å². The number of carbonyl (C=O) groups is 3. The second-order valence-corrected chi connectivity index (χ2v) is 8.62. The minimum absolute atomic E-state index is 0.0490. The lowest BCUT2D eigenvalue weighted by Gasteiger charge is -2.40. The smallest absolute Gasteiger partial charge is 0.255 e. The number of benzene rings is 1. The van der Waals surface area contributed by atoms with Crippen LogP contribution in [-0.2, 0) is 22.7 Å². The molecule has 2 atom stereocenters. The standard InChI is InChI=1S/C21H28N4O3/c1-21(2)17(4-3-9-23-21)22-11-13-5-6-14-12-25(20(28)15(14)10-13)16-7-8-18(26)24-19(16)27/h5-6,10,16-17,22-23H,3-4,7-9,11-12H2,1-2H3,(H,24,26,27). The molecule has 7 nitrogen and oxygen atoms in total.